The molecule has 1 aromatic carbocycles. The Morgan fingerprint density at radius 3 is 2.22 bits per heavy atom. The van der Waals surface area contributed by atoms with Gasteiger partial charge in [-0.2, -0.15) is 0 Å². The Labute approximate surface area is 111 Å². The summed E-state index contributed by atoms with van der Waals surface area (Å²) in [7, 11) is 0. The van der Waals surface area contributed by atoms with Crippen molar-refractivity contribution in [2.75, 3.05) is 0 Å². The van der Waals surface area contributed by atoms with Gasteiger partial charge < -0.3 is 10.2 Å². The van der Waals surface area contributed by atoms with Gasteiger partial charge in [-0.05, 0) is 41.4 Å². The molecule has 0 aliphatic heterocycles. The van der Waals surface area contributed by atoms with Crippen LogP contribution in [-0.4, -0.2) is 16.3 Å². The molecule has 0 saturated heterocycles. The highest BCUT2D eigenvalue weighted by molar-refractivity contribution is 5.40. The van der Waals surface area contributed by atoms with Crippen molar-refractivity contribution in [3.8, 4) is 5.75 Å². The highest BCUT2D eigenvalue weighted by Gasteiger charge is 2.18. The lowest BCUT2D eigenvalue weighted by molar-refractivity contribution is 0.116. The number of phenolic OH excluding ortho intramolecular Hbond substituents is 1. The van der Waals surface area contributed by atoms with Crippen molar-refractivity contribution in [2.45, 2.75) is 59.0 Å². The minimum Gasteiger partial charge on any atom is -0.508 e. The van der Waals surface area contributed by atoms with Crippen molar-refractivity contribution in [3.05, 3.63) is 29.3 Å². The number of hydrogen-bond donors (Lipinski definition) is 2. The van der Waals surface area contributed by atoms with Gasteiger partial charge in [0.2, 0.25) is 0 Å². The number of rotatable bonds is 4. The van der Waals surface area contributed by atoms with Gasteiger partial charge in [0, 0.05) is 0 Å². The van der Waals surface area contributed by atoms with E-state index in [1.807, 2.05) is 32.0 Å². The summed E-state index contributed by atoms with van der Waals surface area (Å²) in [5.41, 5.74) is 2.01. The van der Waals surface area contributed by atoms with Crippen molar-refractivity contribution >= 4 is 0 Å². The monoisotopic (exact) mass is 250 g/mol. The van der Waals surface area contributed by atoms with E-state index in [-0.39, 0.29) is 17.4 Å². The van der Waals surface area contributed by atoms with E-state index in [2.05, 4.69) is 20.8 Å². The summed E-state index contributed by atoms with van der Waals surface area (Å²) >= 11 is 0. The SMILES string of the molecule is CC(C)[C@H](O)CCc1ccc(C(C)(C)C)c(O)c1. The largest absolute Gasteiger partial charge is 0.508 e. The van der Waals surface area contributed by atoms with Crippen LogP contribution in [0.2, 0.25) is 0 Å². The maximum absolute atomic E-state index is 10.0. The number of aryl methyl sites for hydroxylation is 1. The summed E-state index contributed by atoms with van der Waals surface area (Å²) in [6.07, 6.45) is 1.28. The molecule has 0 amide bonds. The molecule has 0 aliphatic rings. The molecule has 0 radical (unpaired) electrons. The molecule has 0 aromatic heterocycles. The summed E-state index contributed by atoms with van der Waals surface area (Å²) in [5.74, 6) is 0.645. The smallest absolute Gasteiger partial charge is 0.119 e. The third-order valence-corrected chi connectivity index (χ3v) is 3.37. The minimum atomic E-state index is -0.269. The van der Waals surface area contributed by atoms with Gasteiger partial charge in [-0.25, -0.2) is 0 Å². The van der Waals surface area contributed by atoms with Crippen LogP contribution in [0.5, 0.6) is 5.75 Å². The zero-order valence-corrected chi connectivity index (χ0v) is 12.2. The fraction of sp³-hybridized carbons (Fsp3) is 0.625. The predicted octanol–water partition coefficient (Wildman–Crippen LogP) is 3.64. The Kier molecular flexibility index (Phi) is 4.80. The molecule has 0 fully saturated rings. The first-order valence-electron chi connectivity index (χ1n) is 6.72. The topological polar surface area (TPSA) is 40.5 Å². The molecule has 0 spiro atoms. The van der Waals surface area contributed by atoms with Gasteiger partial charge in [0.25, 0.3) is 0 Å². The van der Waals surface area contributed by atoms with Crippen LogP contribution in [0.3, 0.4) is 0 Å². The average Bonchev–Trinajstić information content (AvgIpc) is 2.23. The first-order valence-corrected chi connectivity index (χ1v) is 6.72. The summed E-state index contributed by atoms with van der Waals surface area (Å²) < 4.78 is 0. The predicted molar refractivity (Wildman–Crippen MR) is 76.0 cm³/mol. The molecule has 1 atom stereocenters. The molecule has 18 heavy (non-hydrogen) atoms. The molecule has 2 heteroatoms. The second-order valence-corrected chi connectivity index (χ2v) is 6.45. The molecular weight excluding hydrogens is 224 g/mol. The molecule has 1 rings (SSSR count). The van der Waals surface area contributed by atoms with E-state index in [9.17, 15) is 10.2 Å². The van der Waals surface area contributed by atoms with E-state index in [1.165, 1.54) is 0 Å². The van der Waals surface area contributed by atoms with Crippen LogP contribution in [0.1, 0.15) is 52.2 Å². The van der Waals surface area contributed by atoms with Crippen LogP contribution < -0.4 is 0 Å². The number of aliphatic hydroxyl groups is 1. The van der Waals surface area contributed by atoms with E-state index < -0.39 is 0 Å². The van der Waals surface area contributed by atoms with Crippen LogP contribution in [0.15, 0.2) is 18.2 Å². The first kappa shape index (κ1) is 15.0. The van der Waals surface area contributed by atoms with Crippen LogP contribution in [0.25, 0.3) is 0 Å². The van der Waals surface area contributed by atoms with Crippen molar-refractivity contribution in [1.82, 2.24) is 0 Å². The molecule has 102 valence electrons. The number of hydrogen-bond acceptors (Lipinski definition) is 2. The van der Waals surface area contributed by atoms with Gasteiger partial charge in [0.05, 0.1) is 6.10 Å². The van der Waals surface area contributed by atoms with Gasteiger partial charge in [-0.1, -0.05) is 46.8 Å². The Hall–Kier alpha value is -1.02. The number of benzene rings is 1. The van der Waals surface area contributed by atoms with E-state index >= 15 is 0 Å². The molecule has 0 heterocycles. The van der Waals surface area contributed by atoms with Crippen LogP contribution in [0, 0.1) is 5.92 Å². The highest BCUT2D eigenvalue weighted by atomic mass is 16.3. The second-order valence-electron chi connectivity index (χ2n) is 6.45. The third kappa shape index (κ3) is 4.02. The average molecular weight is 250 g/mol. The van der Waals surface area contributed by atoms with Gasteiger partial charge >= 0.3 is 0 Å². The normalized spacial score (nSPS) is 13.9. The third-order valence-electron chi connectivity index (χ3n) is 3.37. The number of phenols is 1. The second kappa shape index (κ2) is 5.75. The van der Waals surface area contributed by atoms with Gasteiger partial charge in [0.1, 0.15) is 5.75 Å². The highest BCUT2D eigenvalue weighted by Crippen LogP contribution is 2.31. The molecule has 0 aliphatic carbocycles. The zero-order chi connectivity index (χ0) is 13.9. The van der Waals surface area contributed by atoms with Crippen molar-refractivity contribution < 1.29 is 10.2 Å². The van der Waals surface area contributed by atoms with Crippen LogP contribution >= 0.6 is 0 Å². The molecule has 2 nitrogen and oxygen atoms in total. The minimum absolute atomic E-state index is 0.0416. The van der Waals surface area contributed by atoms with Crippen molar-refractivity contribution in [2.24, 2.45) is 5.92 Å². The summed E-state index contributed by atoms with van der Waals surface area (Å²) in [6.45, 7) is 10.3. The summed E-state index contributed by atoms with van der Waals surface area (Å²) in [5, 5.41) is 19.8. The Balaban J connectivity index is 2.74. The van der Waals surface area contributed by atoms with Crippen molar-refractivity contribution in [1.29, 1.82) is 0 Å². The molecule has 0 bridgehead atoms. The van der Waals surface area contributed by atoms with E-state index in [1.54, 1.807) is 0 Å². The maximum Gasteiger partial charge on any atom is 0.119 e. The van der Waals surface area contributed by atoms with E-state index in [0.717, 1.165) is 24.0 Å². The van der Waals surface area contributed by atoms with Gasteiger partial charge in [-0.15, -0.1) is 0 Å². The maximum atomic E-state index is 10.0. The summed E-state index contributed by atoms with van der Waals surface area (Å²) in [4.78, 5) is 0. The molecular formula is C16H26O2. The zero-order valence-electron chi connectivity index (χ0n) is 12.2. The Morgan fingerprint density at radius 1 is 1.17 bits per heavy atom. The molecule has 0 unspecified atom stereocenters. The fourth-order valence-corrected chi connectivity index (χ4v) is 2.01. The van der Waals surface area contributed by atoms with Gasteiger partial charge in [0.15, 0.2) is 0 Å². The standard InChI is InChI=1S/C16H26O2/c1-11(2)14(17)9-7-12-6-8-13(15(18)10-12)16(3,4)5/h6,8,10-11,14,17-18H,7,9H2,1-5H3/t14-/m1/s1. The van der Waals surface area contributed by atoms with E-state index in [0.29, 0.717) is 5.75 Å². The first-order chi connectivity index (χ1) is 8.21. The molecule has 1 aromatic rings. The van der Waals surface area contributed by atoms with E-state index in [4.69, 9.17) is 0 Å². The number of aliphatic hydroxyl groups excluding tert-OH is 1. The lowest BCUT2D eigenvalue weighted by Crippen LogP contribution is -2.15. The van der Waals surface area contributed by atoms with Gasteiger partial charge in [-0.3, -0.25) is 0 Å². The number of aromatic hydroxyl groups is 1. The lowest BCUT2D eigenvalue weighted by Gasteiger charge is -2.21. The Morgan fingerprint density at radius 2 is 1.78 bits per heavy atom. The quantitative estimate of drug-likeness (QED) is 0.856. The fourth-order valence-electron chi connectivity index (χ4n) is 2.01. The molecule has 2 N–H and O–H groups in total. The molecule has 0 saturated carbocycles. The lowest BCUT2D eigenvalue weighted by atomic mass is 9.85. The van der Waals surface area contributed by atoms with Crippen LogP contribution in [0.4, 0.5) is 0 Å². The summed E-state index contributed by atoms with van der Waals surface area (Å²) in [6, 6.07) is 5.87. The Bertz CT molecular complexity index is 389. The van der Waals surface area contributed by atoms with Crippen LogP contribution in [-0.2, 0) is 11.8 Å². The van der Waals surface area contributed by atoms with Crippen molar-refractivity contribution in [3.63, 3.8) is 0 Å².